The summed E-state index contributed by atoms with van der Waals surface area (Å²) in [5.74, 6) is 0.639. The van der Waals surface area contributed by atoms with Crippen LogP contribution in [0.4, 0.5) is 5.95 Å². The van der Waals surface area contributed by atoms with Gasteiger partial charge < -0.3 is 19.2 Å². The molecule has 2 atom stereocenters. The van der Waals surface area contributed by atoms with Crippen LogP contribution in [-0.4, -0.2) is 45.3 Å². The summed E-state index contributed by atoms with van der Waals surface area (Å²) in [7, 11) is 0. The zero-order valence-corrected chi connectivity index (χ0v) is 22.5. The predicted molar refractivity (Wildman–Crippen MR) is 145 cm³/mol. The van der Waals surface area contributed by atoms with Crippen molar-refractivity contribution >= 4 is 28.2 Å². The van der Waals surface area contributed by atoms with Crippen molar-refractivity contribution in [1.29, 1.82) is 0 Å². The third kappa shape index (κ3) is 4.72. The summed E-state index contributed by atoms with van der Waals surface area (Å²) in [5, 5.41) is 2.63. The Labute approximate surface area is 215 Å². The number of benzene rings is 2. The Morgan fingerprint density at radius 2 is 1.75 bits per heavy atom. The Kier molecular flexibility index (Phi) is 6.76. The van der Waals surface area contributed by atoms with Gasteiger partial charge in [0.05, 0.1) is 43.2 Å². The lowest BCUT2D eigenvalue weighted by atomic mass is 10.0. The molecule has 2 aliphatic heterocycles. The highest BCUT2D eigenvalue weighted by Crippen LogP contribution is 2.31. The number of ether oxygens (including phenoxy) is 1. The van der Waals surface area contributed by atoms with E-state index in [-0.39, 0.29) is 11.6 Å². The molecule has 36 heavy (non-hydrogen) atoms. The van der Waals surface area contributed by atoms with Gasteiger partial charge in [0.2, 0.25) is 5.95 Å². The minimum absolute atomic E-state index is 0.0815. The molecule has 1 aromatic heterocycles. The average Bonchev–Trinajstić information content (AvgIpc) is 3.28. The highest BCUT2D eigenvalue weighted by atomic mass is 32.2. The molecule has 0 spiro atoms. The number of hydrogen-bond acceptors (Lipinski definition) is 7. The highest BCUT2D eigenvalue weighted by Gasteiger charge is 2.31. The van der Waals surface area contributed by atoms with Gasteiger partial charge in [-0.05, 0) is 57.4 Å². The van der Waals surface area contributed by atoms with Crippen LogP contribution in [0.3, 0.4) is 0 Å². The quantitative estimate of drug-likeness (QED) is 0.528. The number of hydrogen-bond donors (Lipinski definition) is 1. The van der Waals surface area contributed by atoms with Crippen LogP contribution in [0.15, 0.2) is 41.2 Å². The maximum Gasteiger partial charge on any atom is 0.281 e. The first kappa shape index (κ1) is 25.1. The zero-order chi connectivity index (χ0) is 25.6. The third-order valence-electron chi connectivity index (χ3n) is 6.81. The average molecular weight is 510 g/mol. The molecule has 1 N–H and O–H groups in total. The summed E-state index contributed by atoms with van der Waals surface area (Å²) < 4.78 is 23.0. The van der Waals surface area contributed by atoms with Crippen LogP contribution in [-0.2, 0) is 29.2 Å². The van der Waals surface area contributed by atoms with Crippen LogP contribution >= 0.6 is 0 Å². The molecule has 0 saturated carbocycles. The second kappa shape index (κ2) is 9.70. The van der Waals surface area contributed by atoms with E-state index < -0.39 is 16.1 Å². The summed E-state index contributed by atoms with van der Waals surface area (Å²) in [6.07, 6.45) is 0. The molecule has 1 fully saturated rings. The Hall–Kier alpha value is -2.59. The number of aromatic nitrogens is 2. The third-order valence-corrected chi connectivity index (χ3v) is 8.49. The van der Waals surface area contributed by atoms with Crippen molar-refractivity contribution in [3.63, 3.8) is 0 Å². The minimum Gasteiger partial charge on any atom is -0.598 e. The van der Waals surface area contributed by atoms with Crippen molar-refractivity contribution < 1.29 is 9.29 Å². The molecule has 2 aliphatic rings. The van der Waals surface area contributed by atoms with Crippen molar-refractivity contribution in [2.75, 3.05) is 36.2 Å². The molecule has 0 radical (unpaired) electrons. The van der Waals surface area contributed by atoms with Crippen molar-refractivity contribution in [2.24, 2.45) is 0 Å². The number of fused-ring (bicyclic) bond motifs is 2. The van der Waals surface area contributed by atoms with E-state index in [9.17, 15) is 9.35 Å². The van der Waals surface area contributed by atoms with Gasteiger partial charge in [0.25, 0.3) is 5.56 Å². The van der Waals surface area contributed by atoms with Gasteiger partial charge in [0.15, 0.2) is 0 Å². The van der Waals surface area contributed by atoms with Crippen molar-refractivity contribution in [3.05, 3.63) is 69.0 Å². The monoisotopic (exact) mass is 509 g/mol. The maximum absolute atomic E-state index is 14.1. The molecule has 0 aliphatic carbocycles. The molecule has 0 bridgehead atoms. The summed E-state index contributed by atoms with van der Waals surface area (Å²) in [4.78, 5) is 21.5. The number of nitrogens with one attached hydrogen (secondary N) is 1. The van der Waals surface area contributed by atoms with Gasteiger partial charge in [-0.25, -0.2) is 4.98 Å². The first-order valence-corrected chi connectivity index (χ1v) is 13.7. The van der Waals surface area contributed by atoms with Crippen molar-refractivity contribution in [2.45, 2.75) is 58.5 Å². The van der Waals surface area contributed by atoms with Crippen LogP contribution in [0.2, 0.25) is 0 Å². The van der Waals surface area contributed by atoms with Crippen LogP contribution in [0.25, 0.3) is 10.9 Å². The van der Waals surface area contributed by atoms with Crippen molar-refractivity contribution in [3.8, 4) is 0 Å². The number of aryl methyl sites for hydroxylation is 1. The molecule has 5 rings (SSSR count). The Bertz CT molecular complexity index is 1300. The summed E-state index contributed by atoms with van der Waals surface area (Å²) >= 11 is -1.26. The van der Waals surface area contributed by atoms with Gasteiger partial charge in [-0.3, -0.25) is 4.79 Å². The van der Waals surface area contributed by atoms with E-state index in [0.717, 1.165) is 11.1 Å². The van der Waals surface area contributed by atoms with E-state index in [2.05, 4.69) is 38.9 Å². The van der Waals surface area contributed by atoms with Gasteiger partial charge in [0, 0.05) is 30.0 Å². The lowest BCUT2D eigenvalue weighted by Gasteiger charge is -2.34. The minimum atomic E-state index is -1.26. The van der Waals surface area contributed by atoms with E-state index in [1.165, 1.54) is 11.1 Å². The molecule has 3 aromatic rings. The Morgan fingerprint density at radius 3 is 2.36 bits per heavy atom. The van der Waals surface area contributed by atoms with Gasteiger partial charge in [0.1, 0.15) is 4.75 Å². The van der Waals surface area contributed by atoms with Gasteiger partial charge in [-0.2, -0.15) is 4.68 Å². The van der Waals surface area contributed by atoms with E-state index >= 15 is 0 Å². The SMILES string of the molecule is Cc1cc([C@@H](C)N[S+]([O-])C(C)(C)C)c2nc(N3Cc4ccccc4C3)n(N3CCOCC3)c(=O)c2c1. The normalized spacial score (nSPS) is 17.9. The number of rotatable bonds is 5. The fourth-order valence-corrected chi connectivity index (χ4v) is 5.67. The van der Waals surface area contributed by atoms with Crippen molar-refractivity contribution in [1.82, 2.24) is 14.4 Å². The molecule has 0 amide bonds. The van der Waals surface area contributed by atoms with E-state index in [4.69, 9.17) is 9.72 Å². The van der Waals surface area contributed by atoms with Gasteiger partial charge in [-0.1, -0.05) is 30.3 Å². The number of anilines is 1. The molecule has 2 aromatic carbocycles. The fraction of sp³-hybridized carbons (Fsp3) is 0.481. The maximum atomic E-state index is 14.1. The fourth-order valence-electron chi connectivity index (χ4n) is 4.87. The second-order valence-electron chi connectivity index (χ2n) is 10.7. The summed E-state index contributed by atoms with van der Waals surface area (Å²) in [6, 6.07) is 12.1. The van der Waals surface area contributed by atoms with Crippen LogP contribution < -0.4 is 20.2 Å². The lowest BCUT2D eigenvalue weighted by Crippen LogP contribution is -2.50. The van der Waals surface area contributed by atoms with Crippen LogP contribution in [0.1, 0.15) is 56.0 Å². The summed E-state index contributed by atoms with van der Waals surface area (Å²) in [6.45, 7) is 13.6. The molecular weight excluding hydrogens is 474 g/mol. The van der Waals surface area contributed by atoms with Crippen LogP contribution in [0, 0.1) is 6.92 Å². The van der Waals surface area contributed by atoms with Crippen LogP contribution in [0.5, 0.6) is 0 Å². The number of nitrogens with zero attached hydrogens (tertiary/aromatic N) is 4. The standard InChI is InChI=1S/C27H35N5O3S/c1-18-14-22(19(2)29-36(34)27(3,4)5)24-23(15-18)25(33)32(31-10-12-35-13-11-31)26(28-24)30-16-20-8-6-7-9-21(20)17-30/h6-9,14-15,19,29H,10-13,16-17H2,1-5H3/t19-,36?/m1/s1. The van der Waals surface area contributed by atoms with Gasteiger partial charge >= 0.3 is 0 Å². The smallest absolute Gasteiger partial charge is 0.281 e. The zero-order valence-electron chi connectivity index (χ0n) is 21.7. The second-order valence-corrected chi connectivity index (χ2v) is 12.7. The Morgan fingerprint density at radius 1 is 1.11 bits per heavy atom. The predicted octanol–water partition coefficient (Wildman–Crippen LogP) is 3.31. The van der Waals surface area contributed by atoms with E-state index in [1.54, 1.807) is 4.68 Å². The largest absolute Gasteiger partial charge is 0.598 e. The molecular formula is C27H35N5O3S. The highest BCUT2D eigenvalue weighted by molar-refractivity contribution is 7.90. The first-order chi connectivity index (χ1) is 17.1. The molecule has 1 unspecified atom stereocenters. The summed E-state index contributed by atoms with van der Waals surface area (Å²) in [5.41, 5.74) is 4.93. The molecule has 1 saturated heterocycles. The lowest BCUT2D eigenvalue weighted by molar-refractivity contribution is 0.111. The molecule has 8 nitrogen and oxygen atoms in total. The molecule has 192 valence electrons. The number of morpholine rings is 1. The Balaban J connectivity index is 1.66. The first-order valence-electron chi connectivity index (χ1n) is 12.5. The molecule has 9 heteroatoms. The molecule has 3 heterocycles. The van der Waals surface area contributed by atoms with Gasteiger partial charge in [-0.15, -0.1) is 4.72 Å². The van der Waals surface area contributed by atoms with E-state index in [0.29, 0.717) is 56.2 Å². The van der Waals surface area contributed by atoms with E-state index in [1.807, 2.05) is 46.8 Å². The topological polar surface area (TPSA) is 85.7 Å².